The Labute approximate surface area is 334 Å². The number of aliphatic hydroxyl groups is 1. The highest BCUT2D eigenvalue weighted by Gasteiger charge is 2.53. The van der Waals surface area contributed by atoms with Gasteiger partial charge in [0.05, 0.1) is 30.4 Å². The molecule has 56 heavy (non-hydrogen) atoms. The molecule has 1 aliphatic carbocycles. The molecule has 0 aromatic heterocycles. The molecule has 13 nitrogen and oxygen atoms in total. The molecule has 1 saturated carbocycles. The van der Waals surface area contributed by atoms with Crippen LogP contribution < -0.4 is 26.2 Å². The number of hydrazine groups is 1. The third-order valence-corrected chi connectivity index (χ3v) is 14.2. The number of fused-ring (bicyclic) bond motifs is 6. The van der Waals surface area contributed by atoms with Crippen LogP contribution >= 0.6 is 0 Å². The summed E-state index contributed by atoms with van der Waals surface area (Å²) in [5.41, 5.74) is 1.49. The molecular formula is C43H69N9O4. The van der Waals surface area contributed by atoms with Crippen molar-refractivity contribution in [2.24, 2.45) is 17.3 Å². The van der Waals surface area contributed by atoms with Crippen molar-refractivity contribution in [2.75, 3.05) is 69.1 Å². The van der Waals surface area contributed by atoms with E-state index in [2.05, 4.69) is 72.5 Å². The second kappa shape index (κ2) is 16.4. The Morgan fingerprint density at radius 2 is 1.66 bits per heavy atom. The second-order valence-electron chi connectivity index (χ2n) is 19.3. The van der Waals surface area contributed by atoms with Gasteiger partial charge >= 0.3 is 6.09 Å². The van der Waals surface area contributed by atoms with Gasteiger partial charge in [-0.2, -0.15) is 5.01 Å². The molecule has 7 aliphatic rings. The van der Waals surface area contributed by atoms with Gasteiger partial charge in [-0.05, 0) is 134 Å². The van der Waals surface area contributed by atoms with Crippen molar-refractivity contribution >= 4 is 23.4 Å². The molecule has 2 amide bonds. The van der Waals surface area contributed by atoms with Crippen molar-refractivity contribution in [2.45, 2.75) is 134 Å². The summed E-state index contributed by atoms with van der Waals surface area (Å²) < 4.78 is 5.63. The summed E-state index contributed by atoms with van der Waals surface area (Å²) in [6, 6.07) is 8.81. The quantitative estimate of drug-likeness (QED) is 0.272. The zero-order chi connectivity index (χ0) is 39.1. The molecule has 1 spiro atoms. The smallest absolute Gasteiger partial charge is 0.410 e. The van der Waals surface area contributed by atoms with Crippen LogP contribution in [-0.4, -0.2) is 132 Å². The molecule has 5 saturated heterocycles. The number of benzene rings is 1. The van der Waals surface area contributed by atoms with E-state index in [1.54, 1.807) is 0 Å². The highest BCUT2D eigenvalue weighted by Crippen LogP contribution is 2.46. The lowest BCUT2D eigenvalue weighted by Gasteiger charge is -2.47. The number of piperidine rings is 2. The minimum absolute atomic E-state index is 0.00464. The van der Waals surface area contributed by atoms with Crippen molar-refractivity contribution in [1.29, 1.82) is 0 Å². The first-order valence-electron chi connectivity index (χ1n) is 21.9. The highest BCUT2D eigenvalue weighted by molar-refractivity contribution is 5.82. The molecule has 6 aliphatic heterocycles. The standard InChI is InChI=1S/C43H69N9O4/c1-41(2,3)56-40(54)50-23-20-43(21-24-50)18-15-31(16-19-43)30-48-25-27-49(28-26-48)33-13-11-32(12-14-33)45-39-44-29-34-37(47-39)52-36-10-8-9-35(46-36)42(4,55)17-6-5-7-22-51(52)38(34)53/h5,7,11-14,31,34-37,39,44-47,55H,6,8-10,15-30H2,1-4H3/b7-5-/t34?,35?,36?,37?,39?,42-/m1/s1. The third kappa shape index (κ3) is 8.88. The van der Waals surface area contributed by atoms with Crippen LogP contribution in [0, 0.1) is 17.3 Å². The number of allylic oxidation sites excluding steroid dienone is 1. The summed E-state index contributed by atoms with van der Waals surface area (Å²) >= 11 is 0. The van der Waals surface area contributed by atoms with E-state index < -0.39 is 11.2 Å². The number of nitrogens with one attached hydrogen (secondary N) is 4. The van der Waals surface area contributed by atoms with E-state index >= 15 is 0 Å². The molecule has 6 fully saturated rings. The van der Waals surface area contributed by atoms with E-state index in [-0.39, 0.29) is 42.6 Å². The van der Waals surface area contributed by atoms with E-state index in [0.717, 1.165) is 89.4 Å². The largest absolute Gasteiger partial charge is 0.444 e. The fraction of sp³-hybridized carbons (Fsp3) is 0.767. The zero-order valence-electron chi connectivity index (χ0n) is 34.5. The predicted molar refractivity (Wildman–Crippen MR) is 219 cm³/mol. The maximum Gasteiger partial charge on any atom is 0.410 e. The monoisotopic (exact) mass is 776 g/mol. The summed E-state index contributed by atoms with van der Waals surface area (Å²) in [6.45, 7) is 16.1. The Hall–Kier alpha value is -2.94. The van der Waals surface area contributed by atoms with Crippen LogP contribution in [0.4, 0.5) is 16.2 Å². The summed E-state index contributed by atoms with van der Waals surface area (Å²) in [5, 5.41) is 30.2. The number of piperazine rings is 1. The normalized spacial score (nSPS) is 34.1. The summed E-state index contributed by atoms with van der Waals surface area (Å²) in [7, 11) is 0. The molecular weight excluding hydrogens is 707 g/mol. The number of likely N-dealkylation sites (tertiary alicyclic amines) is 1. The van der Waals surface area contributed by atoms with Gasteiger partial charge in [0.25, 0.3) is 0 Å². The van der Waals surface area contributed by atoms with E-state index in [1.807, 2.05) is 37.6 Å². The van der Waals surface area contributed by atoms with Crippen LogP contribution in [-0.2, 0) is 9.53 Å². The van der Waals surface area contributed by atoms with Crippen LogP contribution in [0.5, 0.6) is 0 Å². The average Bonchev–Trinajstić information content (AvgIpc) is 3.45. The number of nitrogens with zero attached hydrogens (tertiary/aromatic N) is 5. The molecule has 1 aromatic carbocycles. The van der Waals surface area contributed by atoms with E-state index in [9.17, 15) is 14.7 Å². The lowest BCUT2D eigenvalue weighted by atomic mass is 9.65. The molecule has 5 N–H and O–H groups in total. The lowest BCUT2D eigenvalue weighted by molar-refractivity contribution is -0.146. The number of anilines is 2. The molecule has 5 unspecified atom stereocenters. The van der Waals surface area contributed by atoms with E-state index in [4.69, 9.17) is 4.74 Å². The maximum absolute atomic E-state index is 13.8. The van der Waals surface area contributed by atoms with Gasteiger partial charge in [-0.25, -0.2) is 4.79 Å². The Kier molecular flexibility index (Phi) is 11.7. The fourth-order valence-corrected chi connectivity index (χ4v) is 10.7. The SMILES string of the molecule is CC(C)(C)OC(=O)N1CCC2(CCC(CN3CCN(c4ccc(NC5NCC6C(=O)N7C/C=C\CC[C@@](C)(O)C8CCCC(N8)N7C6N5)cc4)CC3)CC2)CC1. The minimum atomic E-state index is -0.793. The van der Waals surface area contributed by atoms with Gasteiger partial charge < -0.3 is 25.0 Å². The molecule has 6 atom stereocenters. The summed E-state index contributed by atoms with van der Waals surface area (Å²) in [5.74, 6) is 0.743. The first-order valence-corrected chi connectivity index (χ1v) is 21.9. The Bertz CT molecular complexity index is 1540. The summed E-state index contributed by atoms with van der Waals surface area (Å²) in [4.78, 5) is 33.4. The van der Waals surface area contributed by atoms with Crippen LogP contribution in [0.25, 0.3) is 0 Å². The molecule has 6 heterocycles. The lowest BCUT2D eigenvalue weighted by Crippen LogP contribution is -2.69. The predicted octanol–water partition coefficient (Wildman–Crippen LogP) is 4.48. The third-order valence-electron chi connectivity index (χ3n) is 14.2. The van der Waals surface area contributed by atoms with Crippen molar-refractivity contribution < 1.29 is 19.4 Å². The van der Waals surface area contributed by atoms with Crippen molar-refractivity contribution in [1.82, 2.24) is 35.8 Å². The van der Waals surface area contributed by atoms with Crippen LogP contribution in [0.15, 0.2) is 36.4 Å². The van der Waals surface area contributed by atoms with Gasteiger partial charge in [-0.1, -0.05) is 12.2 Å². The van der Waals surface area contributed by atoms with Crippen LogP contribution in [0.2, 0.25) is 0 Å². The van der Waals surface area contributed by atoms with E-state index in [0.29, 0.717) is 24.9 Å². The average molecular weight is 776 g/mol. The van der Waals surface area contributed by atoms with Gasteiger partial charge in [-0.3, -0.25) is 30.7 Å². The van der Waals surface area contributed by atoms with Crippen molar-refractivity contribution in [3.8, 4) is 0 Å². The van der Waals surface area contributed by atoms with Crippen molar-refractivity contribution in [3.63, 3.8) is 0 Å². The number of hydrogen-bond acceptors (Lipinski definition) is 11. The first-order chi connectivity index (χ1) is 26.8. The molecule has 2 bridgehead atoms. The second-order valence-corrected chi connectivity index (χ2v) is 19.3. The molecule has 0 radical (unpaired) electrons. The number of ether oxygens (including phenoxy) is 1. The number of carbonyl (C=O) groups excluding carboxylic acids is 2. The zero-order valence-corrected chi connectivity index (χ0v) is 34.5. The van der Waals surface area contributed by atoms with Gasteiger partial charge in [-0.15, -0.1) is 0 Å². The highest BCUT2D eigenvalue weighted by atomic mass is 16.6. The van der Waals surface area contributed by atoms with Crippen LogP contribution in [0.3, 0.4) is 0 Å². The number of amides is 2. The first kappa shape index (κ1) is 39.9. The van der Waals surface area contributed by atoms with E-state index in [1.165, 1.54) is 37.9 Å². The maximum atomic E-state index is 13.8. The Balaban J connectivity index is 0.793. The number of carbonyl (C=O) groups is 2. The number of hydrogen-bond donors (Lipinski definition) is 5. The minimum Gasteiger partial charge on any atom is -0.444 e. The van der Waals surface area contributed by atoms with Gasteiger partial charge in [0, 0.05) is 69.8 Å². The fourth-order valence-electron chi connectivity index (χ4n) is 10.7. The molecule has 8 rings (SSSR count). The topological polar surface area (TPSA) is 128 Å². The molecule has 310 valence electrons. The van der Waals surface area contributed by atoms with Crippen LogP contribution in [0.1, 0.15) is 98.3 Å². The molecule has 1 aromatic rings. The number of rotatable bonds is 5. The van der Waals surface area contributed by atoms with Crippen molar-refractivity contribution in [3.05, 3.63) is 36.4 Å². The Morgan fingerprint density at radius 1 is 0.929 bits per heavy atom. The Morgan fingerprint density at radius 3 is 2.38 bits per heavy atom. The molecule has 13 heteroatoms. The van der Waals surface area contributed by atoms with Gasteiger partial charge in [0.1, 0.15) is 11.9 Å². The van der Waals surface area contributed by atoms with Gasteiger partial charge in [0.15, 0.2) is 0 Å². The summed E-state index contributed by atoms with van der Waals surface area (Å²) in [6.07, 6.45) is 15.5. The van der Waals surface area contributed by atoms with Gasteiger partial charge in [0.2, 0.25) is 5.91 Å².